The fourth-order valence-electron chi connectivity index (χ4n) is 3.50. The second-order valence-electron chi connectivity index (χ2n) is 6.52. The Bertz CT molecular complexity index is 705. The van der Waals surface area contributed by atoms with E-state index in [0.29, 0.717) is 26.1 Å². The maximum Gasteiger partial charge on any atom is 0.480 e. The fraction of sp³-hybridized carbons (Fsp3) is 1.00. The summed E-state index contributed by atoms with van der Waals surface area (Å²) < 4.78 is 98.0. The minimum absolute atomic E-state index is 0.0670. The average molecular weight is 408 g/mol. The number of epoxide rings is 1. The number of fused-ring (bicyclic) bond motifs is 2. The van der Waals surface area contributed by atoms with E-state index in [1.165, 1.54) is 0 Å². The molecule has 0 spiro atoms. The second kappa shape index (κ2) is 6.60. The van der Waals surface area contributed by atoms with Crippen molar-refractivity contribution in [1.29, 1.82) is 0 Å². The quantitative estimate of drug-likeness (QED) is 0.556. The van der Waals surface area contributed by atoms with E-state index >= 15 is 0 Å². The van der Waals surface area contributed by atoms with Gasteiger partial charge in [-0.05, 0) is 37.0 Å². The molecule has 1 saturated heterocycles. The van der Waals surface area contributed by atoms with Gasteiger partial charge in [-0.3, -0.25) is 4.18 Å². The minimum atomic E-state index is -6.15. The number of hydrogen-bond acceptors (Lipinski definition) is 7. The third-order valence-corrected chi connectivity index (χ3v) is 7.28. The van der Waals surface area contributed by atoms with E-state index in [-0.39, 0.29) is 30.0 Å². The zero-order valence-corrected chi connectivity index (χ0v) is 14.5. The lowest BCUT2D eigenvalue weighted by atomic mass is 9.88. The standard InChI is InChI=1S/C12H17F3NO7S2/c13-12(14,15)24(17,18)16-25(19,20)23-4-9-2-8-1-7(9)3-11(8)22-6-10-5-21-10/h7-11H,1-6H2/q-1. The van der Waals surface area contributed by atoms with E-state index in [0.717, 1.165) is 6.42 Å². The van der Waals surface area contributed by atoms with Gasteiger partial charge >= 0.3 is 5.51 Å². The van der Waals surface area contributed by atoms with Gasteiger partial charge in [-0.25, -0.2) is 16.8 Å². The summed E-state index contributed by atoms with van der Waals surface area (Å²) in [6, 6.07) is 0. The molecule has 146 valence electrons. The maximum absolute atomic E-state index is 12.2. The predicted octanol–water partition coefficient (Wildman–Crippen LogP) is 1.30. The highest BCUT2D eigenvalue weighted by molar-refractivity contribution is 8.10. The Morgan fingerprint density at radius 2 is 1.72 bits per heavy atom. The zero-order chi connectivity index (χ0) is 18.5. The normalized spacial score (nSPS) is 35.2. The molecule has 8 nitrogen and oxygen atoms in total. The van der Waals surface area contributed by atoms with Crippen molar-refractivity contribution in [3.05, 3.63) is 4.13 Å². The van der Waals surface area contributed by atoms with Crippen molar-refractivity contribution in [3.8, 4) is 0 Å². The Labute approximate surface area is 143 Å². The Morgan fingerprint density at radius 1 is 1.04 bits per heavy atom. The van der Waals surface area contributed by atoms with E-state index in [9.17, 15) is 30.0 Å². The van der Waals surface area contributed by atoms with Crippen LogP contribution in [0.2, 0.25) is 0 Å². The van der Waals surface area contributed by atoms with E-state index < -0.39 is 32.4 Å². The molecule has 0 aromatic heterocycles. The zero-order valence-electron chi connectivity index (χ0n) is 12.9. The molecule has 5 unspecified atom stereocenters. The van der Waals surface area contributed by atoms with Crippen molar-refractivity contribution >= 4 is 20.3 Å². The van der Waals surface area contributed by atoms with Gasteiger partial charge in [-0.2, -0.15) is 13.2 Å². The number of nitrogens with zero attached hydrogens (tertiary/aromatic N) is 1. The number of sulfonamides is 1. The Kier molecular flexibility index (Phi) is 5.10. The van der Waals surface area contributed by atoms with Gasteiger partial charge in [-0.1, -0.05) is 0 Å². The van der Waals surface area contributed by atoms with Gasteiger partial charge in [0, 0.05) is 0 Å². The molecule has 13 heteroatoms. The Balaban J connectivity index is 1.47. The first kappa shape index (κ1) is 19.3. The lowest BCUT2D eigenvalue weighted by Gasteiger charge is -2.29. The molecule has 1 aliphatic heterocycles. The molecule has 0 aromatic rings. The van der Waals surface area contributed by atoms with Crippen molar-refractivity contribution in [2.24, 2.45) is 17.8 Å². The first-order valence-corrected chi connectivity index (χ1v) is 10.5. The van der Waals surface area contributed by atoms with Crippen molar-refractivity contribution in [2.75, 3.05) is 19.8 Å². The van der Waals surface area contributed by atoms with Gasteiger partial charge in [-0.15, -0.1) is 0 Å². The van der Waals surface area contributed by atoms with Crippen LogP contribution in [0.4, 0.5) is 13.2 Å². The van der Waals surface area contributed by atoms with Crippen molar-refractivity contribution in [1.82, 2.24) is 0 Å². The molecule has 0 aromatic carbocycles. The molecule has 0 amide bonds. The molecule has 25 heavy (non-hydrogen) atoms. The molecule has 1 heterocycles. The Morgan fingerprint density at radius 3 is 2.24 bits per heavy atom. The minimum Gasteiger partial charge on any atom is -0.404 e. The summed E-state index contributed by atoms with van der Waals surface area (Å²) in [5.41, 5.74) is -5.79. The van der Waals surface area contributed by atoms with Crippen LogP contribution in [0.3, 0.4) is 0 Å². The molecule has 3 aliphatic rings. The second-order valence-corrected chi connectivity index (χ2v) is 9.62. The van der Waals surface area contributed by atoms with E-state index in [1.807, 2.05) is 4.13 Å². The van der Waals surface area contributed by atoms with E-state index in [1.54, 1.807) is 0 Å². The van der Waals surface area contributed by atoms with Crippen LogP contribution in [-0.4, -0.2) is 54.4 Å². The number of ether oxygens (including phenoxy) is 2. The van der Waals surface area contributed by atoms with Crippen LogP contribution in [0.15, 0.2) is 0 Å². The molecule has 3 rings (SSSR count). The SMILES string of the molecule is O=S(=O)([N-]S(=O)(=O)C(F)(F)F)OCC1CC2CC1CC2OCC1CO1. The molecule has 2 aliphatic carbocycles. The van der Waals surface area contributed by atoms with Gasteiger partial charge in [0.25, 0.3) is 0 Å². The maximum atomic E-state index is 12.2. The topological polar surface area (TPSA) is 113 Å². The molecule has 3 fully saturated rings. The van der Waals surface area contributed by atoms with Crippen LogP contribution < -0.4 is 0 Å². The first-order valence-electron chi connectivity index (χ1n) is 7.65. The summed E-state index contributed by atoms with van der Waals surface area (Å²) in [6.45, 7) is 0.829. The van der Waals surface area contributed by atoms with Gasteiger partial charge in [0.2, 0.25) is 10.3 Å². The van der Waals surface area contributed by atoms with Gasteiger partial charge in [0.1, 0.15) is 6.10 Å². The summed E-state index contributed by atoms with van der Waals surface area (Å²) in [6.07, 6.45) is 2.37. The highest BCUT2D eigenvalue weighted by Gasteiger charge is 2.47. The predicted molar refractivity (Wildman–Crippen MR) is 77.0 cm³/mol. The lowest BCUT2D eigenvalue weighted by molar-refractivity contribution is -0.0425. The average Bonchev–Trinajstić information content (AvgIpc) is 3.09. The van der Waals surface area contributed by atoms with Gasteiger partial charge in [0.05, 0.1) is 25.9 Å². The summed E-state index contributed by atoms with van der Waals surface area (Å²) in [4.78, 5) is 0. The van der Waals surface area contributed by atoms with Crippen LogP contribution >= 0.6 is 0 Å². The van der Waals surface area contributed by atoms with Gasteiger partial charge < -0.3 is 13.6 Å². The van der Waals surface area contributed by atoms with Crippen LogP contribution in [0.1, 0.15) is 19.3 Å². The largest absolute Gasteiger partial charge is 0.480 e. The smallest absolute Gasteiger partial charge is 0.404 e. The van der Waals surface area contributed by atoms with Crippen molar-refractivity contribution < 1.29 is 43.7 Å². The van der Waals surface area contributed by atoms with Crippen LogP contribution in [0.5, 0.6) is 0 Å². The van der Waals surface area contributed by atoms with Crippen LogP contribution in [0.25, 0.3) is 4.13 Å². The highest BCUT2D eigenvalue weighted by Crippen LogP contribution is 2.50. The van der Waals surface area contributed by atoms with Crippen LogP contribution in [0, 0.1) is 17.8 Å². The molecule has 5 atom stereocenters. The summed E-state index contributed by atoms with van der Waals surface area (Å²) in [5, 5.41) is 0. The van der Waals surface area contributed by atoms with E-state index in [4.69, 9.17) is 9.47 Å². The number of rotatable bonds is 8. The highest BCUT2D eigenvalue weighted by atomic mass is 32.3. The van der Waals surface area contributed by atoms with Gasteiger partial charge in [0.15, 0.2) is 10.0 Å². The van der Waals surface area contributed by atoms with Crippen molar-refractivity contribution in [2.45, 2.75) is 37.0 Å². The number of alkyl halides is 3. The van der Waals surface area contributed by atoms with Crippen LogP contribution in [-0.2, 0) is 34.0 Å². The summed E-state index contributed by atoms with van der Waals surface area (Å²) >= 11 is 0. The summed E-state index contributed by atoms with van der Waals surface area (Å²) in [7, 11) is -11.3. The van der Waals surface area contributed by atoms with E-state index in [2.05, 4.69) is 4.18 Å². The van der Waals surface area contributed by atoms with Crippen molar-refractivity contribution in [3.63, 3.8) is 0 Å². The molecular weight excluding hydrogens is 391 g/mol. The molecule has 0 N–H and O–H groups in total. The molecule has 2 bridgehead atoms. The monoisotopic (exact) mass is 408 g/mol. The third-order valence-electron chi connectivity index (χ3n) is 4.75. The fourth-order valence-corrected chi connectivity index (χ4v) is 5.32. The first-order chi connectivity index (χ1) is 11.5. The molecule has 0 radical (unpaired) electrons. The Hall–Kier alpha value is -0.470. The third kappa shape index (κ3) is 4.63. The molecule has 2 saturated carbocycles. The number of halogens is 3. The lowest BCUT2D eigenvalue weighted by Crippen LogP contribution is -2.29. The summed E-state index contributed by atoms with van der Waals surface area (Å²) in [5.74, 6) is 0.182. The molecular formula is C12H17F3NO7S2-. The number of hydrogen-bond donors (Lipinski definition) is 0.